The molecule has 0 aliphatic carbocycles. The van der Waals surface area contributed by atoms with E-state index in [1.807, 2.05) is 78.9 Å². The summed E-state index contributed by atoms with van der Waals surface area (Å²) >= 11 is 0. The molecule has 1 atom stereocenters. The Bertz CT molecular complexity index is 1540. The Hall–Kier alpha value is -5.17. The summed E-state index contributed by atoms with van der Waals surface area (Å²) in [6.45, 7) is 6.69. The fourth-order valence-corrected chi connectivity index (χ4v) is 4.63. The van der Waals surface area contributed by atoms with E-state index in [0.29, 0.717) is 54.3 Å². The number of anilines is 1. The van der Waals surface area contributed by atoms with Crippen LogP contribution in [0.3, 0.4) is 0 Å². The number of carbonyl (C=O) groups is 3. The molecule has 1 unspecified atom stereocenters. The van der Waals surface area contributed by atoms with Gasteiger partial charge in [0.05, 0.1) is 13.7 Å². The van der Waals surface area contributed by atoms with Crippen LogP contribution in [0.15, 0.2) is 121 Å². The largest absolute Gasteiger partial charge is 0.492 e. The zero-order chi connectivity index (χ0) is 30.6. The average Bonchev–Trinajstić information content (AvgIpc) is 3.04. The molecule has 4 aromatic carbocycles. The van der Waals surface area contributed by atoms with Gasteiger partial charge in [-0.1, -0.05) is 91.5 Å². The molecule has 0 bridgehead atoms. The van der Waals surface area contributed by atoms with E-state index in [1.165, 1.54) is 7.11 Å². The fraction of sp³-hybridized carbons (Fsp3) is 0.194. The first-order valence-corrected chi connectivity index (χ1v) is 14.1. The number of amides is 1. The number of carbonyl (C=O) groups excluding carboxylic acids is 3. The normalized spacial score (nSPS) is 11.2. The van der Waals surface area contributed by atoms with Crippen molar-refractivity contribution < 1.29 is 23.9 Å². The molecule has 0 radical (unpaired) electrons. The van der Waals surface area contributed by atoms with Crippen LogP contribution in [-0.4, -0.2) is 48.9 Å². The monoisotopic (exact) mass is 576 g/mol. The van der Waals surface area contributed by atoms with Gasteiger partial charge in [-0.2, -0.15) is 0 Å². The number of hydrogen-bond donors (Lipinski definition) is 1. The first-order valence-electron chi connectivity index (χ1n) is 14.1. The van der Waals surface area contributed by atoms with Gasteiger partial charge in [0.2, 0.25) is 5.91 Å². The van der Waals surface area contributed by atoms with Crippen LogP contribution in [0.5, 0.6) is 5.75 Å². The molecule has 1 N–H and O–H groups in total. The second kappa shape index (κ2) is 15.2. The first kappa shape index (κ1) is 30.8. The topological polar surface area (TPSA) is 84.9 Å². The molecule has 0 aromatic heterocycles. The summed E-state index contributed by atoms with van der Waals surface area (Å²) in [5, 5.41) is 3.23. The molecule has 4 aromatic rings. The van der Waals surface area contributed by atoms with Crippen LogP contribution >= 0.6 is 0 Å². The van der Waals surface area contributed by atoms with E-state index in [0.717, 1.165) is 11.1 Å². The number of methoxy groups -OCH3 is 1. The van der Waals surface area contributed by atoms with Crippen molar-refractivity contribution in [3.05, 3.63) is 144 Å². The van der Waals surface area contributed by atoms with E-state index in [1.54, 1.807) is 42.2 Å². The molecule has 220 valence electrons. The van der Waals surface area contributed by atoms with Crippen LogP contribution in [0, 0.1) is 0 Å². The molecule has 0 aliphatic rings. The second-order valence-corrected chi connectivity index (χ2v) is 10.1. The zero-order valence-corrected chi connectivity index (χ0v) is 24.5. The van der Waals surface area contributed by atoms with Gasteiger partial charge in [-0.05, 0) is 42.3 Å². The van der Waals surface area contributed by atoms with Crippen molar-refractivity contribution in [1.82, 2.24) is 4.90 Å². The number of ketones is 1. The van der Waals surface area contributed by atoms with Crippen LogP contribution in [-0.2, 0) is 27.3 Å². The molecule has 43 heavy (non-hydrogen) atoms. The predicted molar refractivity (Wildman–Crippen MR) is 168 cm³/mol. The zero-order valence-electron chi connectivity index (χ0n) is 24.5. The number of esters is 1. The standard InChI is InChI=1S/C36H36N2O5/c1-26(2)35(40)38(25-28-12-6-4-7-13-28)22-23-43-30-20-18-27(19-21-30)24-33(36(41)42-3)37-32-17-11-10-16-31(32)34(39)29-14-8-5-9-15-29/h4-21,33,37H,1,22-25H2,2-3H3. The fourth-order valence-electron chi connectivity index (χ4n) is 4.63. The van der Waals surface area contributed by atoms with Crippen molar-refractivity contribution >= 4 is 23.3 Å². The van der Waals surface area contributed by atoms with E-state index >= 15 is 0 Å². The number of nitrogens with zero attached hydrogens (tertiary/aromatic N) is 1. The molecule has 0 saturated carbocycles. The maximum absolute atomic E-state index is 13.2. The van der Waals surface area contributed by atoms with Crippen LogP contribution in [0.1, 0.15) is 34.0 Å². The van der Waals surface area contributed by atoms with Gasteiger partial charge in [-0.25, -0.2) is 4.79 Å². The van der Waals surface area contributed by atoms with Crippen molar-refractivity contribution in [2.24, 2.45) is 0 Å². The van der Waals surface area contributed by atoms with E-state index in [-0.39, 0.29) is 11.7 Å². The highest BCUT2D eigenvalue weighted by Gasteiger charge is 2.23. The predicted octanol–water partition coefficient (Wildman–Crippen LogP) is 6.10. The Morgan fingerprint density at radius 1 is 0.814 bits per heavy atom. The van der Waals surface area contributed by atoms with Crippen LogP contribution in [0.25, 0.3) is 0 Å². The third-order valence-electron chi connectivity index (χ3n) is 6.88. The minimum atomic E-state index is -0.721. The second-order valence-electron chi connectivity index (χ2n) is 10.1. The quantitative estimate of drug-likeness (QED) is 0.111. The lowest BCUT2D eigenvalue weighted by atomic mass is 10.00. The van der Waals surface area contributed by atoms with Crippen molar-refractivity contribution in [2.75, 3.05) is 25.6 Å². The number of benzene rings is 4. The summed E-state index contributed by atoms with van der Waals surface area (Å²) in [6, 6.07) is 32.6. The highest BCUT2D eigenvalue weighted by Crippen LogP contribution is 2.22. The number of hydrogen-bond acceptors (Lipinski definition) is 6. The summed E-state index contributed by atoms with van der Waals surface area (Å²) in [5.41, 5.74) is 3.97. The Balaban J connectivity index is 1.39. The summed E-state index contributed by atoms with van der Waals surface area (Å²) in [7, 11) is 1.34. The smallest absolute Gasteiger partial charge is 0.328 e. The van der Waals surface area contributed by atoms with E-state index in [2.05, 4.69) is 11.9 Å². The molecular weight excluding hydrogens is 540 g/mol. The molecule has 7 heteroatoms. The first-order chi connectivity index (χ1) is 20.9. The van der Waals surface area contributed by atoms with Crippen molar-refractivity contribution in [3.63, 3.8) is 0 Å². The number of nitrogens with one attached hydrogen (secondary N) is 1. The lowest BCUT2D eigenvalue weighted by molar-refractivity contribution is -0.141. The van der Waals surface area contributed by atoms with Gasteiger partial charge in [0, 0.05) is 35.4 Å². The lowest BCUT2D eigenvalue weighted by Crippen LogP contribution is -2.34. The minimum Gasteiger partial charge on any atom is -0.492 e. The average molecular weight is 577 g/mol. The molecule has 0 heterocycles. The Labute approximate surface area is 252 Å². The molecule has 4 rings (SSSR count). The van der Waals surface area contributed by atoms with Gasteiger partial charge < -0.3 is 19.7 Å². The highest BCUT2D eigenvalue weighted by atomic mass is 16.5. The van der Waals surface area contributed by atoms with Crippen molar-refractivity contribution in [3.8, 4) is 5.75 Å². The van der Waals surface area contributed by atoms with Crippen LogP contribution < -0.4 is 10.1 Å². The Morgan fingerprint density at radius 3 is 2.09 bits per heavy atom. The summed E-state index contributed by atoms with van der Waals surface area (Å²) in [5.74, 6) is -0.0483. The SMILES string of the molecule is C=C(C)C(=O)N(CCOc1ccc(CC(Nc2ccccc2C(=O)c2ccccc2)C(=O)OC)cc1)Cc1ccccc1. The summed E-state index contributed by atoms with van der Waals surface area (Å²) in [6.07, 6.45) is 0.332. The number of para-hydroxylation sites is 1. The van der Waals surface area contributed by atoms with Crippen LogP contribution in [0.4, 0.5) is 5.69 Å². The van der Waals surface area contributed by atoms with Crippen molar-refractivity contribution in [1.29, 1.82) is 0 Å². The van der Waals surface area contributed by atoms with E-state index < -0.39 is 12.0 Å². The van der Waals surface area contributed by atoms with Gasteiger partial charge >= 0.3 is 5.97 Å². The molecule has 1 amide bonds. The van der Waals surface area contributed by atoms with Gasteiger partial charge in [0.1, 0.15) is 18.4 Å². The summed E-state index contributed by atoms with van der Waals surface area (Å²) in [4.78, 5) is 40.3. The summed E-state index contributed by atoms with van der Waals surface area (Å²) < 4.78 is 11.0. The van der Waals surface area contributed by atoms with Crippen molar-refractivity contribution in [2.45, 2.75) is 25.9 Å². The van der Waals surface area contributed by atoms with Gasteiger partial charge in [0.15, 0.2) is 5.78 Å². The molecule has 0 fully saturated rings. The molecule has 0 aliphatic heterocycles. The molecule has 7 nitrogen and oxygen atoms in total. The lowest BCUT2D eigenvalue weighted by Gasteiger charge is -2.23. The van der Waals surface area contributed by atoms with Gasteiger partial charge in [0.25, 0.3) is 0 Å². The number of ether oxygens (including phenoxy) is 2. The Morgan fingerprint density at radius 2 is 1.44 bits per heavy atom. The maximum atomic E-state index is 13.2. The third-order valence-corrected chi connectivity index (χ3v) is 6.88. The maximum Gasteiger partial charge on any atom is 0.328 e. The van der Waals surface area contributed by atoms with Crippen LogP contribution in [0.2, 0.25) is 0 Å². The molecule has 0 saturated heterocycles. The van der Waals surface area contributed by atoms with Gasteiger partial charge in [-0.15, -0.1) is 0 Å². The number of rotatable bonds is 14. The Kier molecular flexibility index (Phi) is 10.9. The van der Waals surface area contributed by atoms with Gasteiger partial charge in [-0.3, -0.25) is 9.59 Å². The van der Waals surface area contributed by atoms with E-state index in [9.17, 15) is 14.4 Å². The molecule has 0 spiro atoms. The van der Waals surface area contributed by atoms with E-state index in [4.69, 9.17) is 9.47 Å². The minimum absolute atomic E-state index is 0.115. The highest BCUT2D eigenvalue weighted by molar-refractivity contribution is 6.12. The third kappa shape index (κ3) is 8.66. The molecular formula is C36H36N2O5.